The van der Waals surface area contributed by atoms with Crippen LogP contribution < -0.4 is 10.5 Å². The van der Waals surface area contributed by atoms with Crippen molar-refractivity contribution in [2.24, 2.45) is 5.73 Å². The first-order valence-corrected chi connectivity index (χ1v) is 10.6. The van der Waals surface area contributed by atoms with Crippen molar-refractivity contribution in [3.63, 3.8) is 0 Å². The number of rotatable bonds is 6. The maximum absolute atomic E-state index is 12.7. The summed E-state index contributed by atoms with van der Waals surface area (Å²) in [6, 6.07) is 5.87. The van der Waals surface area contributed by atoms with Crippen LogP contribution in [0.5, 0.6) is 5.75 Å². The van der Waals surface area contributed by atoms with Crippen molar-refractivity contribution in [1.82, 2.24) is 14.8 Å². The molecule has 1 aromatic carbocycles. The Kier molecular flexibility index (Phi) is 7.26. The number of halogens is 3. The lowest BCUT2D eigenvalue weighted by Crippen LogP contribution is -2.49. The second-order valence-corrected chi connectivity index (χ2v) is 8.09. The SMILES string of the molecule is Cc1c(OCC(N)=O)ccc([C@@H](C)N2CCN(C(=O)c3ccc(C(F)(F)F)nc3)CC2)c1C. The van der Waals surface area contributed by atoms with Crippen LogP contribution in [0.15, 0.2) is 30.5 Å². The molecule has 2 aromatic rings. The van der Waals surface area contributed by atoms with E-state index in [1.165, 1.54) is 6.07 Å². The number of ether oxygens (including phenoxy) is 1. The molecule has 1 fully saturated rings. The smallest absolute Gasteiger partial charge is 0.433 e. The predicted octanol–water partition coefficient (Wildman–Crippen LogP) is 3.10. The molecule has 2 heterocycles. The summed E-state index contributed by atoms with van der Waals surface area (Å²) in [4.78, 5) is 30.9. The quantitative estimate of drug-likeness (QED) is 0.710. The molecule has 1 aliphatic heterocycles. The number of nitrogens with two attached hydrogens (primary N) is 1. The van der Waals surface area contributed by atoms with Gasteiger partial charge in [0.15, 0.2) is 6.61 Å². The van der Waals surface area contributed by atoms with Crippen LogP contribution in [0.25, 0.3) is 0 Å². The molecule has 0 radical (unpaired) electrons. The standard InChI is InChI=1S/C23H27F3N4O3/c1-14-15(2)19(33-13-21(27)31)6-5-18(14)16(3)29-8-10-30(11-9-29)22(32)17-4-7-20(28-12-17)23(24,25)26/h4-7,12,16H,8-11,13H2,1-3H3,(H2,27,31)/t16-/m1/s1. The average molecular weight is 464 g/mol. The summed E-state index contributed by atoms with van der Waals surface area (Å²) in [5.41, 5.74) is 7.38. The molecule has 0 aliphatic carbocycles. The van der Waals surface area contributed by atoms with Crippen molar-refractivity contribution in [3.8, 4) is 5.75 Å². The molecule has 1 aromatic heterocycles. The molecule has 0 spiro atoms. The number of aromatic nitrogens is 1. The topological polar surface area (TPSA) is 88.8 Å². The first kappa shape index (κ1) is 24.5. The van der Waals surface area contributed by atoms with Gasteiger partial charge in [-0.25, -0.2) is 0 Å². The van der Waals surface area contributed by atoms with E-state index in [1.807, 2.05) is 26.0 Å². The van der Waals surface area contributed by atoms with Crippen molar-refractivity contribution in [2.75, 3.05) is 32.8 Å². The Morgan fingerprint density at radius 2 is 1.76 bits per heavy atom. The first-order chi connectivity index (χ1) is 15.5. The van der Waals surface area contributed by atoms with Gasteiger partial charge in [-0.15, -0.1) is 0 Å². The molecule has 1 atom stereocenters. The molecule has 0 saturated carbocycles. The highest BCUT2D eigenvalue weighted by molar-refractivity contribution is 5.94. The minimum Gasteiger partial charge on any atom is -0.484 e. The number of primary amides is 1. The predicted molar refractivity (Wildman–Crippen MR) is 116 cm³/mol. The van der Waals surface area contributed by atoms with E-state index in [0.29, 0.717) is 31.9 Å². The van der Waals surface area contributed by atoms with Crippen LogP contribution in [-0.4, -0.2) is 59.4 Å². The molecule has 1 saturated heterocycles. The van der Waals surface area contributed by atoms with Gasteiger partial charge in [-0.2, -0.15) is 13.2 Å². The maximum atomic E-state index is 12.7. The number of hydrogen-bond donors (Lipinski definition) is 1. The van der Waals surface area contributed by atoms with Crippen LogP contribution in [0.3, 0.4) is 0 Å². The van der Waals surface area contributed by atoms with Gasteiger partial charge in [-0.1, -0.05) is 6.07 Å². The van der Waals surface area contributed by atoms with E-state index >= 15 is 0 Å². The minimum atomic E-state index is -4.54. The Hall–Kier alpha value is -3.14. The zero-order valence-electron chi connectivity index (χ0n) is 18.8. The third kappa shape index (κ3) is 5.62. The highest BCUT2D eigenvalue weighted by Crippen LogP contribution is 2.31. The fraction of sp³-hybridized carbons (Fsp3) is 0.435. The normalized spacial score (nSPS) is 15.9. The second kappa shape index (κ2) is 9.78. The number of carbonyl (C=O) groups excluding carboxylic acids is 2. The molecular formula is C23H27F3N4O3. The molecule has 178 valence electrons. The number of carbonyl (C=O) groups is 2. The summed E-state index contributed by atoms with van der Waals surface area (Å²) in [5, 5.41) is 0. The number of piperazine rings is 1. The van der Waals surface area contributed by atoms with Gasteiger partial charge in [0.1, 0.15) is 11.4 Å². The van der Waals surface area contributed by atoms with Gasteiger partial charge in [0.05, 0.1) is 5.56 Å². The Labute approximate surface area is 190 Å². The van der Waals surface area contributed by atoms with Gasteiger partial charge >= 0.3 is 6.18 Å². The summed E-state index contributed by atoms with van der Waals surface area (Å²) in [6.45, 7) is 8.00. The minimum absolute atomic E-state index is 0.0823. The number of hydrogen-bond acceptors (Lipinski definition) is 5. The van der Waals surface area contributed by atoms with Crippen LogP contribution in [0.1, 0.15) is 45.7 Å². The molecule has 3 rings (SSSR count). The van der Waals surface area contributed by atoms with E-state index in [-0.39, 0.29) is 24.1 Å². The fourth-order valence-corrected chi connectivity index (χ4v) is 3.95. The summed E-state index contributed by atoms with van der Waals surface area (Å²) >= 11 is 0. The van der Waals surface area contributed by atoms with E-state index in [2.05, 4.69) is 16.8 Å². The maximum Gasteiger partial charge on any atom is 0.433 e. The zero-order valence-corrected chi connectivity index (χ0v) is 18.8. The number of alkyl halides is 3. The van der Waals surface area contributed by atoms with E-state index < -0.39 is 17.8 Å². The first-order valence-electron chi connectivity index (χ1n) is 10.6. The lowest BCUT2D eigenvalue weighted by molar-refractivity contribution is -0.141. The molecule has 1 aliphatic rings. The van der Waals surface area contributed by atoms with E-state index in [1.54, 1.807) is 4.90 Å². The Morgan fingerprint density at radius 3 is 2.30 bits per heavy atom. The number of benzene rings is 1. The largest absolute Gasteiger partial charge is 0.484 e. The zero-order chi connectivity index (χ0) is 24.3. The third-order valence-corrected chi connectivity index (χ3v) is 6.05. The van der Waals surface area contributed by atoms with Crippen LogP contribution in [0.2, 0.25) is 0 Å². The number of nitrogens with zero attached hydrogens (tertiary/aromatic N) is 3. The van der Waals surface area contributed by atoms with E-state index in [9.17, 15) is 22.8 Å². The van der Waals surface area contributed by atoms with Crippen LogP contribution in [0.4, 0.5) is 13.2 Å². The Balaban J connectivity index is 1.63. The van der Waals surface area contributed by atoms with Crippen LogP contribution >= 0.6 is 0 Å². The fourth-order valence-electron chi connectivity index (χ4n) is 3.95. The molecule has 2 N–H and O–H groups in total. The Bertz CT molecular complexity index is 1020. The van der Waals surface area contributed by atoms with E-state index in [0.717, 1.165) is 29.0 Å². The molecule has 0 unspecified atom stereocenters. The van der Waals surface area contributed by atoms with Gasteiger partial charge in [0.25, 0.3) is 11.8 Å². The van der Waals surface area contributed by atoms with Crippen molar-refractivity contribution in [1.29, 1.82) is 0 Å². The molecule has 2 amide bonds. The number of pyridine rings is 1. The van der Waals surface area contributed by atoms with Crippen molar-refractivity contribution in [2.45, 2.75) is 33.0 Å². The molecule has 10 heteroatoms. The van der Waals surface area contributed by atoms with Crippen molar-refractivity contribution >= 4 is 11.8 Å². The molecular weight excluding hydrogens is 437 g/mol. The summed E-state index contributed by atoms with van der Waals surface area (Å²) < 4.78 is 43.5. The van der Waals surface area contributed by atoms with Gasteiger partial charge in [-0.05, 0) is 55.7 Å². The molecule has 33 heavy (non-hydrogen) atoms. The van der Waals surface area contributed by atoms with Crippen LogP contribution in [-0.2, 0) is 11.0 Å². The van der Waals surface area contributed by atoms with Gasteiger partial charge in [-0.3, -0.25) is 19.5 Å². The Morgan fingerprint density at radius 1 is 1.09 bits per heavy atom. The molecule has 7 nitrogen and oxygen atoms in total. The van der Waals surface area contributed by atoms with Gasteiger partial charge < -0.3 is 15.4 Å². The second-order valence-electron chi connectivity index (χ2n) is 8.09. The summed E-state index contributed by atoms with van der Waals surface area (Å²) in [6.07, 6.45) is -3.56. The molecule has 0 bridgehead atoms. The number of amides is 2. The van der Waals surface area contributed by atoms with E-state index in [4.69, 9.17) is 10.5 Å². The third-order valence-electron chi connectivity index (χ3n) is 6.05. The lowest BCUT2D eigenvalue weighted by atomic mass is 9.96. The highest BCUT2D eigenvalue weighted by atomic mass is 19.4. The van der Waals surface area contributed by atoms with Crippen molar-refractivity contribution < 1.29 is 27.5 Å². The summed E-state index contributed by atoms with van der Waals surface area (Å²) in [7, 11) is 0. The summed E-state index contributed by atoms with van der Waals surface area (Å²) in [5.74, 6) is -0.252. The van der Waals surface area contributed by atoms with Gasteiger partial charge in [0.2, 0.25) is 0 Å². The van der Waals surface area contributed by atoms with Crippen molar-refractivity contribution in [3.05, 3.63) is 58.4 Å². The van der Waals surface area contributed by atoms with Gasteiger partial charge in [0, 0.05) is 38.4 Å². The lowest BCUT2D eigenvalue weighted by Gasteiger charge is -2.38. The van der Waals surface area contributed by atoms with Crippen LogP contribution in [0, 0.1) is 13.8 Å². The average Bonchev–Trinajstić information content (AvgIpc) is 2.78. The highest BCUT2D eigenvalue weighted by Gasteiger charge is 2.33. The monoisotopic (exact) mass is 464 g/mol.